The van der Waals surface area contributed by atoms with Gasteiger partial charge in [-0.15, -0.1) is 11.3 Å². The van der Waals surface area contributed by atoms with E-state index in [4.69, 9.17) is 21.1 Å². The van der Waals surface area contributed by atoms with Crippen molar-refractivity contribution in [2.24, 2.45) is 0 Å². The quantitative estimate of drug-likeness (QED) is 0.673. The predicted molar refractivity (Wildman–Crippen MR) is 106 cm³/mol. The number of nitrogens with one attached hydrogen (secondary N) is 1. The number of methoxy groups -OCH3 is 2. The smallest absolute Gasteiger partial charge is 0.230 e. The molecular weight excluding hydrogens is 388 g/mol. The molecule has 142 valence electrons. The average Bonchev–Trinajstić information content (AvgIpc) is 3.21. The van der Waals surface area contributed by atoms with Crippen LogP contribution >= 0.6 is 22.9 Å². The Labute approximate surface area is 165 Å². The Morgan fingerprint density at radius 2 is 2.07 bits per heavy atom. The van der Waals surface area contributed by atoms with E-state index in [0.29, 0.717) is 33.0 Å². The number of anilines is 1. The molecule has 1 N–H and O–H groups in total. The summed E-state index contributed by atoms with van der Waals surface area (Å²) in [6.07, 6.45) is 0.138. The Balaban J connectivity index is 1.72. The van der Waals surface area contributed by atoms with Crippen molar-refractivity contribution in [1.29, 1.82) is 0 Å². The van der Waals surface area contributed by atoms with Crippen molar-refractivity contribution in [1.82, 2.24) is 14.8 Å². The highest BCUT2D eigenvalue weighted by molar-refractivity contribution is 7.12. The second kappa shape index (κ2) is 7.98. The molecule has 2 aromatic heterocycles. The van der Waals surface area contributed by atoms with Crippen molar-refractivity contribution in [3.05, 3.63) is 45.7 Å². The van der Waals surface area contributed by atoms with Gasteiger partial charge in [-0.1, -0.05) is 11.6 Å². The van der Waals surface area contributed by atoms with Crippen LogP contribution in [0.5, 0.6) is 11.5 Å². The lowest BCUT2D eigenvalue weighted by Gasteiger charge is -2.11. The minimum Gasteiger partial charge on any atom is -0.497 e. The summed E-state index contributed by atoms with van der Waals surface area (Å²) >= 11 is 7.60. The molecule has 0 saturated carbocycles. The van der Waals surface area contributed by atoms with Crippen LogP contribution in [0.25, 0.3) is 5.13 Å². The third kappa shape index (κ3) is 4.06. The fraction of sp³-hybridized carbons (Fsp3) is 0.278. The summed E-state index contributed by atoms with van der Waals surface area (Å²) in [7, 11) is 3.11. The van der Waals surface area contributed by atoms with Gasteiger partial charge in [0, 0.05) is 11.4 Å². The Bertz CT molecular complexity index is 983. The number of aryl methyl sites for hydroxylation is 1. The standard InChI is InChI=1S/C18H19ClN4O3S/c1-10-17(19)11(2)23(22-10)18-20-12(9-27-18)7-16(24)21-14-6-5-13(25-3)8-15(14)26-4/h5-6,8-9H,7H2,1-4H3,(H,21,24). The maximum absolute atomic E-state index is 12.4. The molecule has 0 unspecified atom stereocenters. The maximum Gasteiger partial charge on any atom is 0.230 e. The molecule has 0 bridgehead atoms. The summed E-state index contributed by atoms with van der Waals surface area (Å²) in [5.74, 6) is 0.984. The van der Waals surface area contributed by atoms with Gasteiger partial charge in [0.1, 0.15) is 11.5 Å². The van der Waals surface area contributed by atoms with E-state index in [2.05, 4.69) is 15.4 Å². The summed E-state index contributed by atoms with van der Waals surface area (Å²) in [6.45, 7) is 3.72. The molecule has 0 fully saturated rings. The van der Waals surface area contributed by atoms with Gasteiger partial charge in [-0.2, -0.15) is 5.10 Å². The van der Waals surface area contributed by atoms with Gasteiger partial charge in [-0.3, -0.25) is 4.79 Å². The molecule has 0 saturated heterocycles. The lowest BCUT2D eigenvalue weighted by atomic mass is 10.2. The Hall–Kier alpha value is -2.58. The minimum atomic E-state index is -0.193. The fourth-order valence-corrected chi connectivity index (χ4v) is 3.49. The Morgan fingerprint density at radius 1 is 1.30 bits per heavy atom. The number of amides is 1. The van der Waals surface area contributed by atoms with Crippen LogP contribution in [-0.4, -0.2) is 34.9 Å². The van der Waals surface area contributed by atoms with Gasteiger partial charge < -0.3 is 14.8 Å². The van der Waals surface area contributed by atoms with Crippen LogP contribution in [-0.2, 0) is 11.2 Å². The van der Waals surface area contributed by atoms with Gasteiger partial charge in [0.2, 0.25) is 11.0 Å². The van der Waals surface area contributed by atoms with Crippen molar-refractivity contribution in [2.45, 2.75) is 20.3 Å². The van der Waals surface area contributed by atoms with Gasteiger partial charge >= 0.3 is 0 Å². The van der Waals surface area contributed by atoms with Gasteiger partial charge in [0.15, 0.2) is 0 Å². The van der Waals surface area contributed by atoms with Gasteiger partial charge in [0.25, 0.3) is 0 Å². The van der Waals surface area contributed by atoms with Gasteiger partial charge in [0.05, 0.1) is 48.4 Å². The van der Waals surface area contributed by atoms with Gasteiger partial charge in [-0.25, -0.2) is 9.67 Å². The number of hydrogen-bond donors (Lipinski definition) is 1. The van der Waals surface area contributed by atoms with Crippen LogP contribution in [0.15, 0.2) is 23.6 Å². The summed E-state index contributed by atoms with van der Waals surface area (Å²) in [4.78, 5) is 16.9. The summed E-state index contributed by atoms with van der Waals surface area (Å²) < 4.78 is 12.1. The molecule has 9 heteroatoms. The van der Waals surface area contributed by atoms with Crippen LogP contribution < -0.4 is 14.8 Å². The monoisotopic (exact) mass is 406 g/mol. The number of thiazole rings is 1. The van der Waals surface area contributed by atoms with Gasteiger partial charge in [-0.05, 0) is 26.0 Å². The van der Waals surface area contributed by atoms with Crippen LogP contribution in [0, 0.1) is 13.8 Å². The van der Waals surface area contributed by atoms with E-state index in [1.165, 1.54) is 18.4 Å². The third-order valence-electron chi connectivity index (χ3n) is 3.95. The first-order valence-electron chi connectivity index (χ1n) is 8.11. The van der Waals surface area contributed by atoms with Crippen molar-refractivity contribution < 1.29 is 14.3 Å². The zero-order chi connectivity index (χ0) is 19.6. The van der Waals surface area contributed by atoms with Crippen LogP contribution in [0.4, 0.5) is 5.69 Å². The summed E-state index contributed by atoms with van der Waals surface area (Å²) in [5, 5.41) is 10.4. The summed E-state index contributed by atoms with van der Waals surface area (Å²) in [5.41, 5.74) is 2.80. The zero-order valence-electron chi connectivity index (χ0n) is 15.4. The highest BCUT2D eigenvalue weighted by atomic mass is 35.5. The molecule has 3 aromatic rings. The molecule has 27 heavy (non-hydrogen) atoms. The first kappa shape index (κ1) is 19.2. The molecule has 1 aromatic carbocycles. The van der Waals surface area contributed by atoms with E-state index in [-0.39, 0.29) is 12.3 Å². The number of carbonyl (C=O) groups excluding carboxylic acids is 1. The molecule has 0 radical (unpaired) electrons. The Morgan fingerprint density at radius 3 is 2.70 bits per heavy atom. The number of carbonyl (C=O) groups is 1. The molecule has 3 rings (SSSR count). The third-order valence-corrected chi connectivity index (χ3v) is 5.36. The molecule has 0 atom stereocenters. The molecule has 0 aliphatic rings. The van der Waals surface area contributed by atoms with E-state index >= 15 is 0 Å². The van der Waals surface area contributed by atoms with Crippen molar-refractivity contribution >= 4 is 34.5 Å². The van der Waals surface area contributed by atoms with E-state index in [0.717, 1.165) is 11.4 Å². The molecular formula is C18H19ClN4O3S. The Kier molecular flexibility index (Phi) is 5.67. The first-order valence-corrected chi connectivity index (χ1v) is 9.37. The molecule has 0 aliphatic carbocycles. The number of ether oxygens (including phenoxy) is 2. The van der Waals surface area contributed by atoms with Crippen LogP contribution in [0.1, 0.15) is 17.1 Å². The average molecular weight is 407 g/mol. The molecule has 0 aliphatic heterocycles. The number of nitrogens with zero attached hydrogens (tertiary/aromatic N) is 3. The number of aromatic nitrogens is 3. The fourth-order valence-electron chi connectivity index (χ4n) is 2.55. The van der Waals surface area contributed by atoms with Crippen LogP contribution in [0.3, 0.4) is 0 Å². The highest BCUT2D eigenvalue weighted by Gasteiger charge is 2.15. The molecule has 0 spiro atoms. The molecule has 2 heterocycles. The number of halogens is 1. The normalized spacial score (nSPS) is 10.7. The van der Waals surface area contributed by atoms with E-state index in [9.17, 15) is 4.79 Å². The first-order chi connectivity index (χ1) is 12.9. The second-order valence-electron chi connectivity index (χ2n) is 5.81. The number of rotatable bonds is 6. The number of benzene rings is 1. The number of hydrogen-bond acceptors (Lipinski definition) is 6. The van der Waals surface area contributed by atoms with Crippen LogP contribution in [0.2, 0.25) is 5.02 Å². The van der Waals surface area contributed by atoms with E-state index in [1.54, 1.807) is 30.0 Å². The highest BCUT2D eigenvalue weighted by Crippen LogP contribution is 2.29. The van der Waals surface area contributed by atoms with Crippen molar-refractivity contribution in [3.63, 3.8) is 0 Å². The minimum absolute atomic E-state index is 0.138. The van der Waals surface area contributed by atoms with Crippen molar-refractivity contribution in [3.8, 4) is 16.6 Å². The lowest BCUT2D eigenvalue weighted by Crippen LogP contribution is -2.15. The van der Waals surface area contributed by atoms with E-state index in [1.807, 2.05) is 19.2 Å². The lowest BCUT2D eigenvalue weighted by molar-refractivity contribution is -0.115. The van der Waals surface area contributed by atoms with Crippen molar-refractivity contribution in [2.75, 3.05) is 19.5 Å². The second-order valence-corrected chi connectivity index (χ2v) is 7.02. The zero-order valence-corrected chi connectivity index (χ0v) is 16.9. The SMILES string of the molecule is COc1ccc(NC(=O)Cc2csc(-n3nc(C)c(Cl)c3C)n2)c(OC)c1. The summed E-state index contributed by atoms with van der Waals surface area (Å²) in [6, 6.07) is 5.20. The molecule has 7 nitrogen and oxygen atoms in total. The predicted octanol–water partition coefficient (Wildman–Crippen LogP) is 3.80. The largest absolute Gasteiger partial charge is 0.497 e. The maximum atomic E-state index is 12.4. The topological polar surface area (TPSA) is 78.3 Å². The van der Waals surface area contributed by atoms with E-state index < -0.39 is 0 Å². The molecule has 1 amide bonds.